The van der Waals surface area contributed by atoms with E-state index in [1.165, 1.54) is 4.90 Å². The lowest BCUT2D eigenvalue weighted by Crippen LogP contribution is -2.35. The summed E-state index contributed by atoms with van der Waals surface area (Å²) in [7, 11) is 1.56. The molecule has 4 unspecified atom stereocenters. The summed E-state index contributed by atoms with van der Waals surface area (Å²) in [5.41, 5.74) is 0.826. The Morgan fingerprint density at radius 3 is 2.18 bits per heavy atom. The second-order valence-corrected chi connectivity index (χ2v) is 6.90. The summed E-state index contributed by atoms with van der Waals surface area (Å²) < 4.78 is 5.34. The van der Waals surface area contributed by atoms with Crippen LogP contribution in [-0.4, -0.2) is 18.9 Å². The predicted octanol–water partition coefficient (Wildman–Crippen LogP) is 2.40. The molecular formula is C18H17NO3. The number of imide groups is 1. The fourth-order valence-corrected chi connectivity index (χ4v) is 5.13. The molecule has 1 aliphatic heterocycles. The number of hydrogen-bond donors (Lipinski definition) is 0. The van der Waals surface area contributed by atoms with Crippen LogP contribution >= 0.6 is 0 Å². The number of allylic oxidation sites excluding steroid dienone is 2. The monoisotopic (exact) mass is 295 g/mol. The molecule has 4 aliphatic rings. The van der Waals surface area contributed by atoms with E-state index in [9.17, 15) is 9.59 Å². The zero-order valence-corrected chi connectivity index (χ0v) is 12.4. The summed E-state index contributed by atoms with van der Waals surface area (Å²) in [4.78, 5) is 27.3. The lowest BCUT2D eigenvalue weighted by atomic mass is 9.85. The van der Waals surface area contributed by atoms with E-state index in [0.29, 0.717) is 11.4 Å². The molecule has 1 aromatic rings. The van der Waals surface area contributed by atoms with Crippen LogP contribution in [0.3, 0.4) is 0 Å². The Morgan fingerprint density at radius 1 is 1.05 bits per heavy atom. The number of anilines is 1. The Bertz CT molecular complexity index is 700. The third-order valence-corrected chi connectivity index (χ3v) is 6.18. The van der Waals surface area contributed by atoms with E-state index in [2.05, 4.69) is 12.2 Å². The number of fused-ring (bicyclic) bond motifs is 3. The average molecular weight is 295 g/mol. The van der Waals surface area contributed by atoms with Gasteiger partial charge in [-0.2, -0.15) is 0 Å². The van der Waals surface area contributed by atoms with E-state index in [-0.39, 0.29) is 40.9 Å². The van der Waals surface area contributed by atoms with Gasteiger partial charge in [-0.1, -0.05) is 24.3 Å². The molecule has 22 heavy (non-hydrogen) atoms. The normalized spacial score (nSPS) is 36.3. The summed E-state index contributed by atoms with van der Waals surface area (Å²) >= 11 is 0. The number of nitrogens with zero attached hydrogens (tertiary/aromatic N) is 1. The fourth-order valence-electron chi connectivity index (χ4n) is 5.13. The number of amides is 2. The van der Waals surface area contributed by atoms with E-state index >= 15 is 0 Å². The van der Waals surface area contributed by atoms with E-state index in [4.69, 9.17) is 4.74 Å². The minimum atomic E-state index is -0.157. The standard InChI is InChI=1S/C18H17NO3/c1-22-13-5-3-2-4-12(13)19-16(20)14-10-6-7-11(15(14)17(19)21)18(10)8-9-18/h2-7,10-11,14-15H,8-9H2,1H3. The lowest BCUT2D eigenvalue weighted by molar-refractivity contribution is -0.123. The predicted molar refractivity (Wildman–Crippen MR) is 80.3 cm³/mol. The van der Waals surface area contributed by atoms with Crippen molar-refractivity contribution >= 4 is 17.5 Å². The van der Waals surface area contributed by atoms with Gasteiger partial charge < -0.3 is 4.74 Å². The maximum absolute atomic E-state index is 13.0. The van der Waals surface area contributed by atoms with Crippen molar-refractivity contribution in [2.75, 3.05) is 12.0 Å². The third kappa shape index (κ3) is 1.21. The van der Waals surface area contributed by atoms with Crippen LogP contribution in [0.25, 0.3) is 0 Å². The van der Waals surface area contributed by atoms with E-state index in [1.54, 1.807) is 19.2 Å². The topological polar surface area (TPSA) is 46.6 Å². The third-order valence-electron chi connectivity index (χ3n) is 6.18. The molecule has 112 valence electrons. The Balaban J connectivity index is 1.59. The maximum Gasteiger partial charge on any atom is 0.238 e. The fraction of sp³-hybridized carbons (Fsp3) is 0.444. The van der Waals surface area contributed by atoms with Crippen LogP contribution in [-0.2, 0) is 9.59 Å². The van der Waals surface area contributed by atoms with E-state index in [0.717, 1.165) is 12.8 Å². The van der Waals surface area contributed by atoms with Gasteiger partial charge in [0, 0.05) is 0 Å². The highest BCUT2D eigenvalue weighted by atomic mass is 16.5. The van der Waals surface area contributed by atoms with Gasteiger partial charge in [0.25, 0.3) is 0 Å². The van der Waals surface area contributed by atoms with E-state index < -0.39 is 0 Å². The van der Waals surface area contributed by atoms with Gasteiger partial charge in [-0.3, -0.25) is 9.59 Å². The maximum atomic E-state index is 13.0. The summed E-state index contributed by atoms with van der Waals surface area (Å²) in [6.45, 7) is 0. The molecule has 0 N–H and O–H groups in total. The summed E-state index contributed by atoms with van der Waals surface area (Å²) in [5, 5.41) is 0. The van der Waals surface area contributed by atoms with Crippen molar-refractivity contribution in [1.29, 1.82) is 0 Å². The minimum absolute atomic E-state index is 0.0392. The number of rotatable bonds is 2. The van der Waals surface area contributed by atoms with Crippen LogP contribution < -0.4 is 9.64 Å². The molecule has 5 rings (SSSR count). The van der Waals surface area contributed by atoms with Crippen molar-refractivity contribution in [2.45, 2.75) is 12.8 Å². The van der Waals surface area contributed by atoms with Crippen LogP contribution in [0.5, 0.6) is 5.75 Å². The van der Waals surface area contributed by atoms with Crippen molar-refractivity contribution in [3.05, 3.63) is 36.4 Å². The molecule has 1 saturated heterocycles. The number of benzene rings is 1. The highest BCUT2D eigenvalue weighted by molar-refractivity contribution is 6.23. The van der Waals surface area contributed by atoms with Crippen LogP contribution in [0.2, 0.25) is 0 Å². The molecule has 1 spiro atoms. The smallest absolute Gasteiger partial charge is 0.238 e. The molecule has 1 heterocycles. The summed E-state index contributed by atoms with van der Waals surface area (Å²) in [5.74, 6) is 0.706. The quantitative estimate of drug-likeness (QED) is 0.622. The van der Waals surface area contributed by atoms with Crippen molar-refractivity contribution < 1.29 is 14.3 Å². The molecule has 4 nitrogen and oxygen atoms in total. The van der Waals surface area contributed by atoms with Gasteiger partial charge in [-0.05, 0) is 42.2 Å². The molecule has 4 atom stereocenters. The number of hydrogen-bond acceptors (Lipinski definition) is 3. The molecule has 4 heteroatoms. The number of ether oxygens (including phenoxy) is 1. The van der Waals surface area contributed by atoms with Crippen LogP contribution in [0.4, 0.5) is 5.69 Å². The zero-order chi connectivity index (χ0) is 15.1. The highest BCUT2D eigenvalue weighted by Gasteiger charge is 2.73. The van der Waals surface area contributed by atoms with Gasteiger partial charge >= 0.3 is 0 Å². The second-order valence-electron chi connectivity index (χ2n) is 6.90. The first-order chi connectivity index (χ1) is 10.7. The largest absolute Gasteiger partial charge is 0.495 e. The summed E-state index contributed by atoms with van der Waals surface area (Å²) in [6.07, 6.45) is 6.71. The lowest BCUT2D eigenvalue weighted by Gasteiger charge is -2.22. The van der Waals surface area contributed by atoms with Crippen LogP contribution in [0, 0.1) is 29.1 Å². The Kier molecular flexibility index (Phi) is 2.15. The van der Waals surface area contributed by atoms with Gasteiger partial charge in [0.15, 0.2) is 0 Å². The zero-order valence-electron chi connectivity index (χ0n) is 12.4. The molecule has 0 aromatic heterocycles. The van der Waals surface area contributed by atoms with Crippen molar-refractivity contribution in [2.24, 2.45) is 29.1 Å². The molecule has 1 aromatic carbocycles. The van der Waals surface area contributed by atoms with Crippen LogP contribution in [0.15, 0.2) is 36.4 Å². The number of methoxy groups -OCH3 is 1. The van der Waals surface area contributed by atoms with Gasteiger partial charge in [0.2, 0.25) is 11.8 Å². The van der Waals surface area contributed by atoms with Crippen LogP contribution in [0.1, 0.15) is 12.8 Å². The van der Waals surface area contributed by atoms with Gasteiger partial charge in [0.1, 0.15) is 5.75 Å². The molecular weight excluding hydrogens is 278 g/mol. The first-order valence-corrected chi connectivity index (χ1v) is 7.88. The highest BCUT2D eigenvalue weighted by Crippen LogP contribution is 2.73. The van der Waals surface area contributed by atoms with Crippen molar-refractivity contribution in [3.8, 4) is 5.75 Å². The van der Waals surface area contributed by atoms with E-state index in [1.807, 2.05) is 12.1 Å². The summed E-state index contributed by atoms with van der Waals surface area (Å²) in [6, 6.07) is 7.26. The average Bonchev–Trinajstić information content (AvgIpc) is 3.13. The molecule has 3 fully saturated rings. The first kappa shape index (κ1) is 12.4. The minimum Gasteiger partial charge on any atom is -0.495 e. The first-order valence-electron chi connectivity index (χ1n) is 7.88. The Hall–Kier alpha value is -2.10. The number of para-hydroxylation sites is 2. The van der Waals surface area contributed by atoms with Gasteiger partial charge in [0.05, 0.1) is 24.6 Å². The second kappa shape index (κ2) is 3.80. The SMILES string of the molecule is COc1ccccc1N1C(=O)C2C(C1=O)C1C=CC2C12CC2. The van der Waals surface area contributed by atoms with Crippen molar-refractivity contribution in [1.82, 2.24) is 0 Å². The number of carbonyl (C=O) groups excluding carboxylic acids is 2. The Labute approximate surface area is 128 Å². The molecule has 2 saturated carbocycles. The number of carbonyl (C=O) groups is 2. The van der Waals surface area contributed by atoms with Gasteiger partial charge in [-0.25, -0.2) is 4.90 Å². The molecule has 2 bridgehead atoms. The van der Waals surface area contributed by atoms with Gasteiger partial charge in [-0.15, -0.1) is 0 Å². The molecule has 3 aliphatic carbocycles. The molecule has 2 amide bonds. The molecule has 0 radical (unpaired) electrons. The Morgan fingerprint density at radius 2 is 1.64 bits per heavy atom. The van der Waals surface area contributed by atoms with Crippen molar-refractivity contribution in [3.63, 3.8) is 0 Å².